The number of imidazole rings is 1. The van der Waals surface area contributed by atoms with Crippen LogP contribution in [0.2, 0.25) is 0 Å². The van der Waals surface area contributed by atoms with Crippen molar-refractivity contribution in [2.45, 2.75) is 44.8 Å². The number of nitrogens with zero attached hydrogens (tertiary/aromatic N) is 2. The lowest BCUT2D eigenvalue weighted by Gasteiger charge is -2.04. The standard InChI is InChI=1S/C13H20N4O/c18-13(15-5-10-1-2-10)8-17-7-12(16-9-17)6-14-11-3-4-11/h7,9-11,14H,1-6,8H2,(H,15,18). The molecule has 3 rings (SSSR count). The third-order valence-electron chi connectivity index (χ3n) is 3.45. The summed E-state index contributed by atoms with van der Waals surface area (Å²) >= 11 is 0. The Bertz CT molecular complexity index is 420. The first-order chi connectivity index (χ1) is 8.79. The van der Waals surface area contributed by atoms with E-state index in [1.54, 1.807) is 6.33 Å². The summed E-state index contributed by atoms with van der Waals surface area (Å²) in [7, 11) is 0. The summed E-state index contributed by atoms with van der Waals surface area (Å²) in [6.07, 6.45) is 8.78. The van der Waals surface area contributed by atoms with Crippen molar-refractivity contribution < 1.29 is 4.79 Å². The SMILES string of the molecule is O=C(Cn1cnc(CNC2CC2)c1)NCC1CC1. The van der Waals surface area contributed by atoms with Crippen LogP contribution in [0.5, 0.6) is 0 Å². The van der Waals surface area contributed by atoms with Gasteiger partial charge in [-0.1, -0.05) is 0 Å². The van der Waals surface area contributed by atoms with Crippen molar-refractivity contribution in [3.05, 3.63) is 18.2 Å². The summed E-state index contributed by atoms with van der Waals surface area (Å²) in [4.78, 5) is 16.0. The minimum Gasteiger partial charge on any atom is -0.354 e. The van der Waals surface area contributed by atoms with Crippen molar-refractivity contribution in [3.63, 3.8) is 0 Å². The summed E-state index contributed by atoms with van der Waals surface area (Å²) in [6, 6.07) is 0.692. The van der Waals surface area contributed by atoms with Gasteiger partial charge in [0.15, 0.2) is 0 Å². The number of hydrogen-bond acceptors (Lipinski definition) is 3. The fraction of sp³-hybridized carbons (Fsp3) is 0.692. The van der Waals surface area contributed by atoms with Crippen molar-refractivity contribution in [2.75, 3.05) is 6.54 Å². The van der Waals surface area contributed by atoms with Gasteiger partial charge in [-0.25, -0.2) is 4.98 Å². The quantitative estimate of drug-likeness (QED) is 0.745. The largest absolute Gasteiger partial charge is 0.354 e. The Morgan fingerprint density at radius 3 is 2.94 bits per heavy atom. The molecule has 2 N–H and O–H groups in total. The van der Waals surface area contributed by atoms with Crippen molar-refractivity contribution in [3.8, 4) is 0 Å². The van der Waals surface area contributed by atoms with Gasteiger partial charge in [-0.3, -0.25) is 4.79 Å². The molecule has 0 bridgehead atoms. The number of rotatable bonds is 7. The smallest absolute Gasteiger partial charge is 0.239 e. The minimum atomic E-state index is 0.0843. The zero-order valence-electron chi connectivity index (χ0n) is 10.6. The topological polar surface area (TPSA) is 59.0 Å². The Morgan fingerprint density at radius 1 is 1.39 bits per heavy atom. The van der Waals surface area contributed by atoms with E-state index in [0.717, 1.165) is 24.7 Å². The van der Waals surface area contributed by atoms with Crippen LogP contribution in [0.3, 0.4) is 0 Å². The molecule has 2 fully saturated rings. The average Bonchev–Trinajstić information content (AvgIpc) is 3.26. The van der Waals surface area contributed by atoms with Crippen molar-refractivity contribution in [1.82, 2.24) is 20.2 Å². The van der Waals surface area contributed by atoms with E-state index in [1.165, 1.54) is 25.7 Å². The number of amides is 1. The van der Waals surface area contributed by atoms with Crippen LogP contribution in [-0.4, -0.2) is 28.0 Å². The highest BCUT2D eigenvalue weighted by Gasteiger charge is 2.22. The van der Waals surface area contributed by atoms with Crippen LogP contribution in [0, 0.1) is 5.92 Å². The molecule has 0 saturated heterocycles. The normalized spacial score (nSPS) is 18.9. The lowest BCUT2D eigenvalue weighted by molar-refractivity contribution is -0.121. The summed E-state index contributed by atoms with van der Waals surface area (Å²) in [5, 5.41) is 6.37. The summed E-state index contributed by atoms with van der Waals surface area (Å²) in [5.41, 5.74) is 1.01. The lowest BCUT2D eigenvalue weighted by Crippen LogP contribution is -2.28. The molecule has 2 saturated carbocycles. The van der Waals surface area contributed by atoms with E-state index < -0.39 is 0 Å². The Balaban J connectivity index is 1.41. The highest BCUT2D eigenvalue weighted by atomic mass is 16.1. The van der Waals surface area contributed by atoms with E-state index in [4.69, 9.17) is 0 Å². The third-order valence-corrected chi connectivity index (χ3v) is 3.45. The van der Waals surface area contributed by atoms with Gasteiger partial charge < -0.3 is 15.2 Å². The van der Waals surface area contributed by atoms with Crippen molar-refractivity contribution in [1.29, 1.82) is 0 Å². The zero-order valence-corrected chi connectivity index (χ0v) is 10.6. The molecule has 0 unspecified atom stereocenters. The van der Waals surface area contributed by atoms with Gasteiger partial charge in [0.05, 0.1) is 12.0 Å². The van der Waals surface area contributed by atoms with Crippen LogP contribution < -0.4 is 10.6 Å². The Morgan fingerprint density at radius 2 is 2.22 bits per heavy atom. The molecular weight excluding hydrogens is 228 g/mol. The van der Waals surface area contributed by atoms with E-state index in [2.05, 4.69) is 15.6 Å². The van der Waals surface area contributed by atoms with Crippen molar-refractivity contribution in [2.24, 2.45) is 5.92 Å². The number of nitrogens with one attached hydrogen (secondary N) is 2. The maximum Gasteiger partial charge on any atom is 0.239 e. The first kappa shape index (κ1) is 11.7. The molecule has 1 aromatic rings. The van der Waals surface area contributed by atoms with Gasteiger partial charge in [-0.15, -0.1) is 0 Å². The maximum absolute atomic E-state index is 11.7. The molecule has 0 radical (unpaired) electrons. The Hall–Kier alpha value is -1.36. The number of carbonyl (C=O) groups excluding carboxylic acids is 1. The van der Waals surface area contributed by atoms with E-state index in [0.29, 0.717) is 12.6 Å². The second kappa shape index (κ2) is 5.10. The fourth-order valence-corrected chi connectivity index (χ4v) is 1.92. The van der Waals surface area contributed by atoms with Gasteiger partial charge in [0.25, 0.3) is 0 Å². The van der Waals surface area contributed by atoms with E-state index in [-0.39, 0.29) is 5.91 Å². The van der Waals surface area contributed by atoms with Crippen LogP contribution in [0.25, 0.3) is 0 Å². The van der Waals surface area contributed by atoms with Crippen LogP contribution in [0.4, 0.5) is 0 Å². The molecule has 1 amide bonds. The van der Waals surface area contributed by atoms with E-state index in [9.17, 15) is 4.79 Å². The molecule has 0 aromatic carbocycles. The first-order valence-electron chi connectivity index (χ1n) is 6.80. The molecule has 1 heterocycles. The predicted molar refractivity (Wildman–Crippen MR) is 67.8 cm³/mol. The Labute approximate surface area is 107 Å². The van der Waals surface area contributed by atoms with Gasteiger partial charge in [-0.05, 0) is 31.6 Å². The van der Waals surface area contributed by atoms with Crippen molar-refractivity contribution >= 4 is 5.91 Å². The second-order valence-electron chi connectivity index (χ2n) is 5.44. The van der Waals surface area contributed by atoms with Crippen LogP contribution >= 0.6 is 0 Å². The van der Waals surface area contributed by atoms with Gasteiger partial charge in [0.2, 0.25) is 5.91 Å². The van der Waals surface area contributed by atoms with Crippen LogP contribution in [0.15, 0.2) is 12.5 Å². The first-order valence-corrected chi connectivity index (χ1v) is 6.80. The van der Waals surface area contributed by atoms with Gasteiger partial charge in [0, 0.05) is 25.3 Å². The highest BCUT2D eigenvalue weighted by molar-refractivity contribution is 5.75. The molecule has 98 valence electrons. The summed E-state index contributed by atoms with van der Waals surface area (Å²) in [6.45, 7) is 2.02. The Kier molecular flexibility index (Phi) is 3.32. The molecule has 2 aliphatic rings. The van der Waals surface area contributed by atoms with Crippen LogP contribution in [0.1, 0.15) is 31.4 Å². The van der Waals surface area contributed by atoms with Gasteiger partial charge in [-0.2, -0.15) is 0 Å². The van der Waals surface area contributed by atoms with Gasteiger partial charge in [0.1, 0.15) is 6.54 Å². The molecule has 0 spiro atoms. The average molecular weight is 248 g/mol. The van der Waals surface area contributed by atoms with E-state index >= 15 is 0 Å². The monoisotopic (exact) mass is 248 g/mol. The molecule has 0 atom stereocenters. The van der Waals surface area contributed by atoms with Crippen LogP contribution in [-0.2, 0) is 17.9 Å². The fourth-order valence-electron chi connectivity index (χ4n) is 1.92. The number of aromatic nitrogens is 2. The molecule has 5 nitrogen and oxygen atoms in total. The lowest BCUT2D eigenvalue weighted by atomic mass is 10.4. The van der Waals surface area contributed by atoms with Gasteiger partial charge >= 0.3 is 0 Å². The predicted octanol–water partition coefficient (Wildman–Crippen LogP) is 0.661. The molecule has 2 aliphatic carbocycles. The molecular formula is C13H20N4O. The third kappa shape index (κ3) is 3.57. The molecule has 5 heteroatoms. The molecule has 1 aromatic heterocycles. The minimum absolute atomic E-state index is 0.0843. The van der Waals surface area contributed by atoms with E-state index in [1.807, 2.05) is 10.8 Å². The summed E-state index contributed by atoms with van der Waals surface area (Å²) in [5.74, 6) is 0.816. The maximum atomic E-state index is 11.7. The zero-order chi connectivity index (χ0) is 12.4. The second-order valence-corrected chi connectivity index (χ2v) is 5.44. The molecule has 18 heavy (non-hydrogen) atoms. The summed E-state index contributed by atoms with van der Waals surface area (Å²) < 4.78 is 1.85. The number of hydrogen-bond donors (Lipinski definition) is 2. The molecule has 0 aliphatic heterocycles. The highest BCUT2D eigenvalue weighted by Crippen LogP contribution is 2.27. The number of carbonyl (C=O) groups is 1.